The highest BCUT2D eigenvalue weighted by Crippen LogP contribution is 2.09. The van der Waals surface area contributed by atoms with Crippen molar-refractivity contribution in [3.63, 3.8) is 0 Å². The molecule has 0 spiro atoms. The largest absolute Gasteiger partial charge is 0.461 e. The monoisotopic (exact) mass is 250 g/mol. The molecular weight excluding hydrogens is 232 g/mol. The maximum absolute atomic E-state index is 11.9. The molecule has 2 heterocycles. The maximum Gasteiger partial charge on any atom is 0.343 e. The van der Waals surface area contributed by atoms with Crippen LogP contribution in [0.4, 0.5) is 0 Å². The molecule has 0 aliphatic rings. The van der Waals surface area contributed by atoms with E-state index in [1.54, 1.807) is 23.1 Å². The van der Waals surface area contributed by atoms with Gasteiger partial charge in [0, 0.05) is 25.1 Å². The second-order valence-electron chi connectivity index (χ2n) is 3.97. The molecular formula is C12H18N4O2. The number of nitrogens with one attached hydrogen (secondary N) is 1. The third-order valence-electron chi connectivity index (χ3n) is 2.98. The van der Waals surface area contributed by atoms with Gasteiger partial charge in [0.2, 0.25) is 0 Å². The smallest absolute Gasteiger partial charge is 0.343 e. The third kappa shape index (κ3) is 2.53. The first-order valence-electron chi connectivity index (χ1n) is 6.16. The zero-order valence-corrected chi connectivity index (χ0v) is 10.7. The summed E-state index contributed by atoms with van der Waals surface area (Å²) in [5.74, 6) is -0.334. The van der Waals surface area contributed by atoms with Crippen molar-refractivity contribution >= 4 is 11.6 Å². The number of carbonyl (C=O) groups excluding carboxylic acids is 1. The predicted molar refractivity (Wildman–Crippen MR) is 67.6 cm³/mol. The van der Waals surface area contributed by atoms with Crippen molar-refractivity contribution in [2.45, 2.75) is 13.8 Å². The van der Waals surface area contributed by atoms with E-state index in [4.69, 9.17) is 4.74 Å². The second-order valence-corrected chi connectivity index (χ2v) is 3.97. The molecule has 0 amide bonds. The highest BCUT2D eigenvalue weighted by atomic mass is 16.5. The number of H-pyrrole nitrogens is 1. The minimum Gasteiger partial charge on any atom is -0.461 e. The Morgan fingerprint density at radius 3 is 3.00 bits per heavy atom. The number of imidazole rings is 1. The van der Waals surface area contributed by atoms with Crippen molar-refractivity contribution in [2.75, 3.05) is 26.2 Å². The quantitative estimate of drug-likeness (QED) is 0.781. The lowest BCUT2D eigenvalue weighted by Gasteiger charge is -2.17. The van der Waals surface area contributed by atoms with Gasteiger partial charge in [-0.15, -0.1) is 0 Å². The normalized spacial score (nSPS) is 11.3. The summed E-state index contributed by atoms with van der Waals surface area (Å²) < 4.78 is 6.93. The fourth-order valence-corrected chi connectivity index (χ4v) is 1.84. The maximum atomic E-state index is 11.9. The van der Waals surface area contributed by atoms with Crippen LogP contribution >= 0.6 is 0 Å². The zero-order chi connectivity index (χ0) is 13.0. The Kier molecular flexibility index (Phi) is 3.99. The van der Waals surface area contributed by atoms with Gasteiger partial charge >= 0.3 is 5.97 Å². The molecule has 6 nitrogen and oxygen atoms in total. The number of aromatic amines is 1. The lowest BCUT2D eigenvalue weighted by Crippen LogP contribution is -2.27. The molecule has 0 aliphatic heterocycles. The van der Waals surface area contributed by atoms with Crippen LogP contribution in [0.3, 0.4) is 0 Å². The van der Waals surface area contributed by atoms with E-state index in [1.807, 2.05) is 0 Å². The van der Waals surface area contributed by atoms with Gasteiger partial charge in [-0.1, -0.05) is 13.8 Å². The topological polar surface area (TPSA) is 62.6 Å². The molecule has 0 aromatic carbocycles. The van der Waals surface area contributed by atoms with Crippen LogP contribution in [0.1, 0.15) is 24.2 Å². The van der Waals surface area contributed by atoms with E-state index in [0.29, 0.717) is 17.8 Å². The molecule has 0 fully saturated rings. The highest BCUT2D eigenvalue weighted by molar-refractivity contribution is 5.95. The van der Waals surface area contributed by atoms with Crippen LogP contribution in [-0.4, -0.2) is 51.7 Å². The molecule has 1 N–H and O–H groups in total. The number of esters is 1. The number of carbonyl (C=O) groups is 1. The third-order valence-corrected chi connectivity index (χ3v) is 2.98. The Morgan fingerprint density at radius 1 is 1.50 bits per heavy atom. The first-order chi connectivity index (χ1) is 8.76. The Balaban J connectivity index is 1.91. The summed E-state index contributed by atoms with van der Waals surface area (Å²) in [6, 6.07) is 0. The van der Waals surface area contributed by atoms with Gasteiger partial charge < -0.3 is 9.64 Å². The van der Waals surface area contributed by atoms with Gasteiger partial charge in [-0.2, -0.15) is 0 Å². The summed E-state index contributed by atoms with van der Waals surface area (Å²) in [7, 11) is 0. The Morgan fingerprint density at radius 2 is 2.28 bits per heavy atom. The van der Waals surface area contributed by atoms with Gasteiger partial charge in [-0.3, -0.25) is 5.10 Å². The van der Waals surface area contributed by atoms with E-state index < -0.39 is 0 Å². The molecule has 0 saturated carbocycles. The molecule has 2 aromatic heterocycles. The van der Waals surface area contributed by atoms with E-state index >= 15 is 0 Å². The van der Waals surface area contributed by atoms with E-state index in [1.165, 1.54) is 0 Å². The summed E-state index contributed by atoms with van der Waals surface area (Å²) in [5.41, 5.74) is 1.07. The molecule has 18 heavy (non-hydrogen) atoms. The van der Waals surface area contributed by atoms with E-state index in [9.17, 15) is 4.79 Å². The van der Waals surface area contributed by atoms with Crippen LogP contribution in [0, 0.1) is 0 Å². The fraction of sp³-hybridized carbons (Fsp3) is 0.500. The van der Waals surface area contributed by atoms with Crippen molar-refractivity contribution in [3.05, 3.63) is 24.2 Å². The zero-order valence-electron chi connectivity index (χ0n) is 10.7. The summed E-state index contributed by atoms with van der Waals surface area (Å²) in [6.45, 7) is 7.26. The summed E-state index contributed by atoms with van der Waals surface area (Å²) in [5, 5.41) is 2.91. The molecule has 0 bridgehead atoms. The Bertz CT molecular complexity index is 513. The minimum atomic E-state index is -0.334. The number of likely N-dealkylation sites (N-methyl/N-ethyl adjacent to an activating group) is 1. The molecule has 2 aromatic rings. The number of fused-ring (bicyclic) bond motifs is 1. The number of aromatic nitrogens is 3. The molecule has 2 rings (SSSR count). The van der Waals surface area contributed by atoms with Crippen LogP contribution in [0.15, 0.2) is 18.6 Å². The molecule has 6 heteroatoms. The lowest BCUT2D eigenvalue weighted by atomic mass is 10.3. The number of hydrogen-bond donors (Lipinski definition) is 1. The number of hydrogen-bond acceptors (Lipinski definition) is 4. The standard InChI is InChI=1S/C12H18N4O2/c1-3-15(4-2)7-8-18-12(17)10-9-14-16-6-5-13-11(10)16/h5-6,9,14H,3-4,7-8H2,1-2H3. The van der Waals surface area contributed by atoms with E-state index in [2.05, 4.69) is 28.8 Å². The summed E-state index contributed by atoms with van der Waals surface area (Å²) >= 11 is 0. The lowest BCUT2D eigenvalue weighted by molar-refractivity contribution is 0.0468. The van der Waals surface area contributed by atoms with Gasteiger partial charge in [-0.05, 0) is 13.1 Å². The average Bonchev–Trinajstić information content (AvgIpc) is 2.96. The van der Waals surface area contributed by atoms with E-state index in [-0.39, 0.29) is 5.97 Å². The van der Waals surface area contributed by atoms with Gasteiger partial charge in [-0.25, -0.2) is 14.3 Å². The Labute approximate surface area is 106 Å². The van der Waals surface area contributed by atoms with Crippen molar-refractivity contribution in [1.82, 2.24) is 19.5 Å². The van der Waals surface area contributed by atoms with Crippen LogP contribution < -0.4 is 0 Å². The molecule has 0 atom stereocenters. The second kappa shape index (κ2) is 5.68. The Hall–Kier alpha value is -1.82. The SMILES string of the molecule is CCN(CC)CCOC(=O)c1c[nH]n2ccnc12. The van der Waals surface area contributed by atoms with Crippen LogP contribution in [0.5, 0.6) is 0 Å². The molecule has 98 valence electrons. The molecule has 0 saturated heterocycles. The van der Waals surface area contributed by atoms with Crippen molar-refractivity contribution in [3.8, 4) is 0 Å². The van der Waals surface area contributed by atoms with Crippen molar-refractivity contribution < 1.29 is 9.53 Å². The minimum absolute atomic E-state index is 0.334. The van der Waals surface area contributed by atoms with Gasteiger partial charge in [0.1, 0.15) is 12.2 Å². The van der Waals surface area contributed by atoms with Crippen LogP contribution in [0.25, 0.3) is 5.65 Å². The van der Waals surface area contributed by atoms with Crippen molar-refractivity contribution in [1.29, 1.82) is 0 Å². The molecule has 0 radical (unpaired) electrons. The van der Waals surface area contributed by atoms with Gasteiger partial charge in [0.05, 0.1) is 0 Å². The highest BCUT2D eigenvalue weighted by Gasteiger charge is 2.14. The first kappa shape index (κ1) is 12.6. The number of rotatable bonds is 6. The predicted octanol–water partition coefficient (Wildman–Crippen LogP) is 1.16. The first-order valence-corrected chi connectivity index (χ1v) is 6.16. The number of ether oxygens (including phenoxy) is 1. The van der Waals surface area contributed by atoms with Crippen LogP contribution in [-0.2, 0) is 4.74 Å². The fourth-order valence-electron chi connectivity index (χ4n) is 1.84. The average molecular weight is 250 g/mol. The molecule has 0 aliphatic carbocycles. The number of nitrogens with zero attached hydrogens (tertiary/aromatic N) is 3. The van der Waals surface area contributed by atoms with Crippen LogP contribution in [0.2, 0.25) is 0 Å². The molecule has 0 unspecified atom stereocenters. The van der Waals surface area contributed by atoms with E-state index in [0.717, 1.165) is 19.6 Å². The van der Waals surface area contributed by atoms with Gasteiger partial charge in [0.25, 0.3) is 0 Å². The van der Waals surface area contributed by atoms with Gasteiger partial charge in [0.15, 0.2) is 5.65 Å². The summed E-state index contributed by atoms with van der Waals surface area (Å²) in [4.78, 5) is 18.2. The summed E-state index contributed by atoms with van der Waals surface area (Å²) in [6.07, 6.45) is 5.00. The van der Waals surface area contributed by atoms with Crippen molar-refractivity contribution in [2.24, 2.45) is 0 Å².